The van der Waals surface area contributed by atoms with Gasteiger partial charge in [-0.3, -0.25) is 0 Å². The molecule has 3 aromatic heterocycles. The summed E-state index contributed by atoms with van der Waals surface area (Å²) in [5.74, 6) is 1.62. The molecule has 1 unspecified atom stereocenters. The summed E-state index contributed by atoms with van der Waals surface area (Å²) >= 11 is 2.21. The van der Waals surface area contributed by atoms with Crippen molar-refractivity contribution in [3.8, 4) is 62.1 Å². The Kier molecular flexibility index (Phi) is 8.81. The molecule has 358 valence electrons. The second-order valence-corrected chi connectivity index (χ2v) is 21.8. The molecule has 0 amide bonds. The Hall–Kier alpha value is -7.33. The molecular formula is C66H56N4OPt-2. The first kappa shape index (κ1) is 35.7. The summed E-state index contributed by atoms with van der Waals surface area (Å²) in [4.78, 5) is 5.06. The first-order valence-electron chi connectivity index (χ1n) is 29.2. The van der Waals surface area contributed by atoms with E-state index in [1.807, 2.05) is 88.1 Å². The number of benzene rings is 8. The number of aromatic nitrogens is 4. The van der Waals surface area contributed by atoms with E-state index in [9.17, 15) is 5.48 Å². The maximum atomic E-state index is 9.52. The summed E-state index contributed by atoms with van der Waals surface area (Å²) in [7, 11) is 0. The van der Waals surface area contributed by atoms with Crippen molar-refractivity contribution in [2.45, 2.75) is 66.7 Å². The summed E-state index contributed by atoms with van der Waals surface area (Å²) in [5, 5.41) is 2.02. The third-order valence-corrected chi connectivity index (χ3v) is 15.3. The van der Waals surface area contributed by atoms with Crippen LogP contribution in [0.3, 0.4) is 0 Å². The summed E-state index contributed by atoms with van der Waals surface area (Å²) in [6, 6.07) is 40.3. The third kappa shape index (κ3) is 7.99. The number of aryl methyl sites for hydroxylation is 1. The number of ether oxygens (including phenoxy) is 1. The predicted octanol–water partition coefficient (Wildman–Crippen LogP) is 16.8. The number of hydrogen-bond donors (Lipinski definition) is 0. The number of fused-ring (bicyclic) bond motifs is 5. The van der Waals surface area contributed by atoms with Gasteiger partial charge in [0, 0.05) is 11.8 Å². The van der Waals surface area contributed by atoms with Gasteiger partial charge in [-0.15, -0.1) is 0 Å². The van der Waals surface area contributed by atoms with Gasteiger partial charge in [-0.25, -0.2) is 0 Å². The summed E-state index contributed by atoms with van der Waals surface area (Å²) in [6.45, 7) is 15.2. The number of rotatable bonds is 8. The molecule has 0 fully saturated rings. The van der Waals surface area contributed by atoms with Crippen molar-refractivity contribution >= 4 is 32.8 Å². The van der Waals surface area contributed by atoms with Crippen LogP contribution in [0.2, 0.25) is 0 Å². The summed E-state index contributed by atoms with van der Waals surface area (Å²) < 4.78 is 104. The number of hydrogen-bond acceptors (Lipinski definition) is 2. The zero-order valence-corrected chi connectivity index (χ0v) is 43.3. The minimum atomic E-state index is -0.549. The molecule has 1 aliphatic carbocycles. The van der Waals surface area contributed by atoms with Gasteiger partial charge in [-0.05, 0) is 29.0 Å². The number of pyridine rings is 1. The van der Waals surface area contributed by atoms with Crippen LogP contribution >= 0.6 is 0 Å². The van der Waals surface area contributed by atoms with Crippen LogP contribution in [-0.4, -0.2) is 18.7 Å². The molecule has 8 aromatic carbocycles. The van der Waals surface area contributed by atoms with Crippen molar-refractivity contribution in [3.63, 3.8) is 0 Å². The zero-order valence-electron chi connectivity index (χ0n) is 51.1. The molecule has 5 nitrogen and oxygen atoms in total. The molecule has 3 heterocycles. The van der Waals surface area contributed by atoms with Crippen LogP contribution in [0.1, 0.15) is 77.5 Å². The van der Waals surface area contributed by atoms with Crippen LogP contribution in [0.25, 0.3) is 83.4 Å². The van der Waals surface area contributed by atoms with E-state index >= 15 is 0 Å². The van der Waals surface area contributed by atoms with Crippen molar-refractivity contribution in [2.75, 3.05) is 0 Å². The van der Waals surface area contributed by atoms with Gasteiger partial charge in [0.1, 0.15) is 0 Å². The van der Waals surface area contributed by atoms with E-state index in [1.165, 1.54) is 5.56 Å². The van der Waals surface area contributed by atoms with E-state index in [0.717, 1.165) is 55.4 Å². The Morgan fingerprint density at radius 2 is 1.29 bits per heavy atom. The minimum absolute atomic E-state index is 0.0389. The van der Waals surface area contributed by atoms with E-state index in [2.05, 4.69) is 127 Å². The van der Waals surface area contributed by atoms with Crippen molar-refractivity contribution in [1.82, 2.24) is 18.7 Å². The molecule has 1 atom stereocenters. The first-order valence-corrected chi connectivity index (χ1v) is 25.3. The van der Waals surface area contributed by atoms with E-state index in [1.54, 1.807) is 0 Å². The molecule has 72 heavy (non-hydrogen) atoms. The van der Waals surface area contributed by atoms with Crippen molar-refractivity contribution < 1.29 is 37.8 Å². The standard InChI is InChI=1S/C66H56N4O.Pt/c1-43-35-62(67-41-57(43)45-29-31-48(32-30-45)65(2,3)4)70-58-26-15-14-25-53(58)54-34-33-52(40-61(54)70)71-51-24-18-23-50(39-51)68-42-69(60-28-17-16-27-59(60)68)64-56(44-19-10-8-11-20-44)37-47-36-49(66(5,6)7)38-55(47)63(64)46-21-12-9-13-22-46;/h8-35,37,41,49H,36,38H2,1-7H3;/q-2;/i8D,9D,10D,11D,12D,13D,19D,20D,21D,22D;. The molecule has 0 aliphatic heterocycles. The van der Waals surface area contributed by atoms with Gasteiger partial charge in [0.25, 0.3) is 0 Å². The SMILES string of the molecule is [2H]c1c([2H])c([2H])c(-c2cc3c(c(-c4c([2H])c([2H])c([2H])c([2H])c4[2H])c2-n2[c](=[Pt])n(-c4[c-]c(Oc5[c-]c6c(cc5)c5ccccc5n6-c5cc(C)c(-c6ccc(C(C)(C)C)cc6)cn5)ccc4)c4ccccc42)CC(C(C)(C)C)C3)c([2H])c1[2H]. The third-order valence-electron chi connectivity index (χ3n) is 14.2. The van der Waals surface area contributed by atoms with Crippen molar-refractivity contribution in [2.24, 2.45) is 11.3 Å². The maximum absolute atomic E-state index is 9.52. The van der Waals surface area contributed by atoms with Gasteiger partial charge in [0.15, 0.2) is 0 Å². The van der Waals surface area contributed by atoms with Gasteiger partial charge in [-0.1, -0.05) is 57.2 Å². The van der Waals surface area contributed by atoms with E-state index in [4.69, 9.17) is 17.9 Å². The van der Waals surface area contributed by atoms with E-state index in [-0.39, 0.29) is 33.4 Å². The van der Waals surface area contributed by atoms with Crippen LogP contribution in [0.4, 0.5) is 0 Å². The zero-order chi connectivity index (χ0) is 58.2. The predicted molar refractivity (Wildman–Crippen MR) is 292 cm³/mol. The molecule has 12 rings (SSSR count). The molecule has 0 saturated carbocycles. The molecule has 1 aliphatic rings. The molecule has 0 saturated heterocycles. The van der Waals surface area contributed by atoms with Crippen molar-refractivity contribution in [3.05, 3.63) is 220 Å². The molecule has 0 spiro atoms. The second-order valence-electron chi connectivity index (χ2n) is 20.8. The van der Waals surface area contributed by atoms with Gasteiger partial charge in [0.05, 0.1) is 0 Å². The normalized spacial score (nSPS) is 15.8. The Morgan fingerprint density at radius 3 is 1.99 bits per heavy atom. The number of nitrogens with zero attached hydrogens (tertiary/aromatic N) is 4. The second kappa shape index (κ2) is 17.8. The quantitative estimate of drug-likeness (QED) is 0.142. The van der Waals surface area contributed by atoms with Crippen LogP contribution in [0, 0.1) is 34.2 Å². The van der Waals surface area contributed by atoms with Gasteiger partial charge in [0.2, 0.25) is 0 Å². The fourth-order valence-electron chi connectivity index (χ4n) is 10.4. The monoisotopic (exact) mass is 1130 g/mol. The van der Waals surface area contributed by atoms with Gasteiger partial charge >= 0.3 is 352 Å². The van der Waals surface area contributed by atoms with Crippen LogP contribution in [0.15, 0.2) is 182 Å². The average molecular weight is 1130 g/mol. The van der Waals surface area contributed by atoms with Gasteiger partial charge in [-0.2, -0.15) is 0 Å². The summed E-state index contributed by atoms with van der Waals surface area (Å²) in [5.41, 5.74) is 10.3. The van der Waals surface area contributed by atoms with Crippen LogP contribution in [0.5, 0.6) is 11.5 Å². The Labute approximate surface area is 447 Å². The van der Waals surface area contributed by atoms with E-state index in [0.29, 0.717) is 56.1 Å². The van der Waals surface area contributed by atoms with Gasteiger partial charge < -0.3 is 0 Å². The average Bonchev–Trinajstić information content (AvgIpc) is 4.31. The van der Waals surface area contributed by atoms with Crippen LogP contribution < -0.4 is 4.74 Å². The summed E-state index contributed by atoms with van der Waals surface area (Å²) in [6.07, 6.45) is 2.98. The molecule has 0 radical (unpaired) electrons. The van der Waals surface area contributed by atoms with Crippen LogP contribution in [-0.2, 0) is 37.6 Å². The Morgan fingerprint density at radius 1 is 0.625 bits per heavy atom. The molecular weight excluding hydrogens is 1060 g/mol. The fourth-order valence-corrected chi connectivity index (χ4v) is 11.5. The Bertz CT molecular complexity index is 4510. The number of para-hydroxylation sites is 3. The van der Waals surface area contributed by atoms with E-state index < -0.39 is 60.4 Å². The first-order chi connectivity index (χ1) is 38.9. The molecule has 6 heteroatoms. The Balaban J connectivity index is 1.03. The number of imidazole rings is 1. The van der Waals surface area contributed by atoms with Crippen molar-refractivity contribution in [1.29, 1.82) is 0 Å². The molecule has 11 aromatic rings. The fraction of sp³-hybridized carbons (Fsp3) is 0.182. The topological polar surface area (TPSA) is 36.9 Å². The molecule has 0 N–H and O–H groups in total. The molecule has 0 bridgehead atoms.